The molecule has 7 nitrogen and oxygen atoms in total. The summed E-state index contributed by atoms with van der Waals surface area (Å²) < 4.78 is 16.9. The van der Waals surface area contributed by atoms with Crippen molar-refractivity contribution >= 4 is 45.0 Å². The maximum absolute atomic E-state index is 12.9. The molecule has 0 saturated carbocycles. The number of benzene rings is 1. The molecule has 26 heavy (non-hydrogen) atoms. The van der Waals surface area contributed by atoms with E-state index in [2.05, 4.69) is 4.98 Å². The van der Waals surface area contributed by atoms with E-state index in [9.17, 15) is 4.79 Å². The molecule has 0 radical (unpaired) electrons. The van der Waals surface area contributed by atoms with Gasteiger partial charge in [-0.25, -0.2) is 4.98 Å². The van der Waals surface area contributed by atoms with Gasteiger partial charge in [-0.05, 0) is 32.3 Å². The number of hydrogen-bond donors (Lipinski definition) is 0. The number of carbonyl (C=O) groups excluding carboxylic acids is 1. The lowest BCUT2D eigenvalue weighted by Crippen LogP contribution is -2.38. The van der Waals surface area contributed by atoms with E-state index >= 15 is 0 Å². The van der Waals surface area contributed by atoms with Crippen LogP contribution < -0.4 is 9.64 Å². The molecule has 1 aliphatic rings. The molecule has 2 heterocycles. The Morgan fingerprint density at radius 2 is 2.12 bits per heavy atom. The molecule has 9 heteroatoms. The van der Waals surface area contributed by atoms with Gasteiger partial charge in [0.15, 0.2) is 5.13 Å². The molecule has 3 rings (SSSR count). The van der Waals surface area contributed by atoms with Crippen LogP contribution in [0.25, 0.3) is 10.2 Å². The van der Waals surface area contributed by atoms with Gasteiger partial charge in [-0.1, -0.05) is 11.3 Å². The second kappa shape index (κ2) is 9.07. The third-order valence-corrected chi connectivity index (χ3v) is 4.73. The van der Waals surface area contributed by atoms with E-state index in [1.807, 2.05) is 37.2 Å². The van der Waals surface area contributed by atoms with Gasteiger partial charge < -0.3 is 19.1 Å². The molecule has 142 valence electrons. The zero-order chi connectivity index (χ0) is 17.8. The Labute approximate surface area is 162 Å². The van der Waals surface area contributed by atoms with Crippen molar-refractivity contribution in [2.75, 3.05) is 52.4 Å². The van der Waals surface area contributed by atoms with Gasteiger partial charge in [-0.3, -0.25) is 9.69 Å². The number of carbonyl (C=O) groups is 1. The Balaban J connectivity index is 0.00000243. The topological polar surface area (TPSA) is 64.1 Å². The number of likely N-dealkylation sites (N-methyl/N-ethyl adjacent to an activating group) is 1. The maximum Gasteiger partial charge on any atom is 0.298 e. The van der Waals surface area contributed by atoms with Crippen LogP contribution in [-0.4, -0.2) is 63.3 Å². The van der Waals surface area contributed by atoms with Gasteiger partial charge in [0.25, 0.3) is 5.91 Å². The molecule has 0 bridgehead atoms. The summed E-state index contributed by atoms with van der Waals surface area (Å²) in [6.07, 6.45) is 1.38. The maximum atomic E-state index is 12.9. The second-order valence-corrected chi connectivity index (χ2v) is 6.80. The van der Waals surface area contributed by atoms with Crippen LogP contribution in [0.15, 0.2) is 30.2 Å². The Bertz CT molecular complexity index is 793. The minimum atomic E-state index is -0.243. The molecular formula is C17H22ClN3O4S. The molecule has 0 N–H and O–H groups in total. The molecule has 0 unspecified atom stereocenters. The minimum absolute atomic E-state index is 0. The molecule has 1 aliphatic heterocycles. The third-order valence-electron chi connectivity index (χ3n) is 3.69. The molecule has 0 spiro atoms. The van der Waals surface area contributed by atoms with Crippen LogP contribution in [0, 0.1) is 0 Å². The van der Waals surface area contributed by atoms with Crippen LogP contribution in [0.1, 0.15) is 0 Å². The summed E-state index contributed by atoms with van der Waals surface area (Å²) in [5.74, 6) is 0.731. The average molecular weight is 400 g/mol. The highest BCUT2D eigenvalue weighted by atomic mass is 35.5. The molecule has 0 saturated heterocycles. The first-order valence-electron chi connectivity index (χ1n) is 7.94. The van der Waals surface area contributed by atoms with Crippen molar-refractivity contribution in [3.63, 3.8) is 0 Å². The number of anilines is 1. The smallest absolute Gasteiger partial charge is 0.298 e. The van der Waals surface area contributed by atoms with Crippen molar-refractivity contribution in [2.24, 2.45) is 0 Å². The highest BCUT2D eigenvalue weighted by Gasteiger charge is 2.26. The SMILES string of the molecule is COc1ccc2nc(N(CCN(C)C)C(=O)C3=COCCO3)sc2c1.Cl. The lowest BCUT2D eigenvalue weighted by molar-refractivity contribution is -0.119. The van der Waals surface area contributed by atoms with Gasteiger partial charge in [0.1, 0.15) is 25.2 Å². The third kappa shape index (κ3) is 4.57. The van der Waals surface area contributed by atoms with Crippen molar-refractivity contribution in [3.8, 4) is 5.75 Å². The van der Waals surface area contributed by atoms with E-state index in [1.54, 1.807) is 12.0 Å². The highest BCUT2D eigenvalue weighted by molar-refractivity contribution is 7.22. The first kappa shape index (κ1) is 20.3. The first-order valence-corrected chi connectivity index (χ1v) is 8.76. The number of rotatable bonds is 6. The minimum Gasteiger partial charge on any atom is -0.497 e. The van der Waals surface area contributed by atoms with E-state index in [0.29, 0.717) is 31.4 Å². The summed E-state index contributed by atoms with van der Waals surface area (Å²) in [4.78, 5) is 21.1. The van der Waals surface area contributed by atoms with Crippen LogP contribution in [0.4, 0.5) is 5.13 Å². The fourth-order valence-corrected chi connectivity index (χ4v) is 3.35. The normalized spacial score (nSPS) is 13.5. The molecular weight excluding hydrogens is 378 g/mol. The molecule has 0 aliphatic carbocycles. The van der Waals surface area contributed by atoms with Crippen molar-refractivity contribution in [1.29, 1.82) is 0 Å². The fourth-order valence-electron chi connectivity index (χ4n) is 2.33. The van der Waals surface area contributed by atoms with Gasteiger partial charge in [0, 0.05) is 13.1 Å². The fraction of sp³-hybridized carbons (Fsp3) is 0.412. The van der Waals surface area contributed by atoms with Gasteiger partial charge in [-0.15, -0.1) is 12.4 Å². The van der Waals surface area contributed by atoms with Crippen molar-refractivity contribution in [1.82, 2.24) is 9.88 Å². The van der Waals surface area contributed by atoms with E-state index in [4.69, 9.17) is 14.2 Å². The monoisotopic (exact) mass is 399 g/mol. The van der Waals surface area contributed by atoms with E-state index in [0.717, 1.165) is 16.0 Å². The van der Waals surface area contributed by atoms with Gasteiger partial charge in [-0.2, -0.15) is 0 Å². The van der Waals surface area contributed by atoms with Crippen LogP contribution in [0.2, 0.25) is 0 Å². The number of aromatic nitrogens is 1. The van der Waals surface area contributed by atoms with Crippen molar-refractivity contribution in [2.45, 2.75) is 0 Å². The summed E-state index contributed by atoms with van der Waals surface area (Å²) in [5, 5.41) is 0.630. The standard InChI is InChI=1S/C17H21N3O4S.ClH/c1-19(2)6-7-20(16(21)14-11-23-8-9-24-14)17-18-13-5-4-12(22-3)10-15(13)25-17;/h4-5,10-11H,6-9H2,1-3H3;1H. The highest BCUT2D eigenvalue weighted by Crippen LogP contribution is 2.32. The van der Waals surface area contributed by atoms with E-state index in [1.165, 1.54) is 17.6 Å². The molecule has 0 fully saturated rings. The number of fused-ring (bicyclic) bond motifs is 1. The van der Waals surface area contributed by atoms with Gasteiger partial charge in [0.2, 0.25) is 5.76 Å². The predicted octanol–water partition coefficient (Wildman–Crippen LogP) is 2.51. The van der Waals surface area contributed by atoms with Crippen LogP contribution in [-0.2, 0) is 14.3 Å². The molecule has 1 amide bonds. The number of halogens is 1. The zero-order valence-corrected chi connectivity index (χ0v) is 16.6. The Kier molecular flexibility index (Phi) is 7.07. The Hall–Kier alpha value is -2.03. The summed E-state index contributed by atoms with van der Waals surface area (Å²) in [6, 6.07) is 5.67. The number of hydrogen-bond acceptors (Lipinski definition) is 7. The van der Waals surface area contributed by atoms with Gasteiger partial charge >= 0.3 is 0 Å². The number of thiazole rings is 1. The summed E-state index contributed by atoms with van der Waals surface area (Å²) in [7, 11) is 5.56. The van der Waals surface area contributed by atoms with Crippen LogP contribution >= 0.6 is 23.7 Å². The van der Waals surface area contributed by atoms with Gasteiger partial charge in [0.05, 0.1) is 17.3 Å². The summed E-state index contributed by atoms with van der Waals surface area (Å²) in [5.41, 5.74) is 0.832. The summed E-state index contributed by atoms with van der Waals surface area (Å²) >= 11 is 1.45. The Morgan fingerprint density at radius 1 is 1.31 bits per heavy atom. The largest absolute Gasteiger partial charge is 0.497 e. The van der Waals surface area contributed by atoms with E-state index in [-0.39, 0.29) is 24.1 Å². The number of nitrogens with zero attached hydrogens (tertiary/aromatic N) is 3. The zero-order valence-electron chi connectivity index (χ0n) is 14.9. The van der Waals surface area contributed by atoms with E-state index < -0.39 is 0 Å². The molecule has 1 aromatic heterocycles. The summed E-state index contributed by atoms with van der Waals surface area (Å²) in [6.45, 7) is 2.04. The molecule has 1 aromatic carbocycles. The lowest BCUT2D eigenvalue weighted by atomic mass is 10.3. The van der Waals surface area contributed by atoms with Crippen molar-refractivity contribution < 1.29 is 19.0 Å². The number of ether oxygens (including phenoxy) is 3. The second-order valence-electron chi connectivity index (χ2n) is 5.79. The Morgan fingerprint density at radius 3 is 2.77 bits per heavy atom. The van der Waals surface area contributed by atoms with Crippen LogP contribution in [0.5, 0.6) is 5.75 Å². The number of amides is 1. The van der Waals surface area contributed by atoms with Crippen molar-refractivity contribution in [3.05, 3.63) is 30.2 Å². The average Bonchev–Trinajstić information content (AvgIpc) is 3.04. The van der Waals surface area contributed by atoms with Crippen LogP contribution in [0.3, 0.4) is 0 Å². The molecule has 0 atom stereocenters. The number of methoxy groups -OCH3 is 1. The predicted molar refractivity (Wildman–Crippen MR) is 104 cm³/mol. The lowest BCUT2D eigenvalue weighted by Gasteiger charge is -2.24. The molecule has 2 aromatic rings. The first-order chi connectivity index (χ1) is 12.1. The quantitative estimate of drug-likeness (QED) is 0.743.